The number of pyridine rings is 1. The summed E-state index contributed by atoms with van der Waals surface area (Å²) < 4.78 is 13.4. The van der Waals surface area contributed by atoms with Crippen molar-refractivity contribution in [1.82, 2.24) is 9.97 Å². The maximum atomic E-state index is 13.0. The average molecular weight is 332 g/mol. The first kappa shape index (κ1) is 12.9. The third kappa shape index (κ3) is 2.49. The monoisotopic (exact) mass is 331 g/mol. The van der Waals surface area contributed by atoms with E-state index in [1.54, 1.807) is 0 Å². The fraction of sp³-hybridized carbons (Fsp3) is 0.100. The van der Waals surface area contributed by atoms with E-state index in [-0.39, 0.29) is 0 Å². The molecule has 0 fully saturated rings. The summed E-state index contributed by atoms with van der Waals surface area (Å²) in [4.78, 5) is 19.8. The van der Waals surface area contributed by atoms with Crippen molar-refractivity contribution in [1.29, 1.82) is 0 Å². The molecule has 0 saturated carbocycles. The van der Waals surface area contributed by atoms with Gasteiger partial charge in [0.05, 0.1) is 6.20 Å². The normalized spacial score (nSPS) is 10.4. The van der Waals surface area contributed by atoms with Gasteiger partial charge in [-0.2, -0.15) is 0 Å². The molecule has 8 heteroatoms. The molecule has 18 heavy (non-hydrogen) atoms. The quantitative estimate of drug-likeness (QED) is 0.917. The number of anilines is 1. The SMILES string of the molecule is CN(C(=O)O)c1sc(-c2cncc(F)c2)nc1Br. The van der Waals surface area contributed by atoms with Gasteiger partial charge in [-0.25, -0.2) is 14.2 Å². The number of hydrogen-bond acceptors (Lipinski definition) is 4. The van der Waals surface area contributed by atoms with Crippen molar-refractivity contribution in [3.8, 4) is 10.6 Å². The molecule has 0 saturated heterocycles. The van der Waals surface area contributed by atoms with Gasteiger partial charge in [0.15, 0.2) is 0 Å². The van der Waals surface area contributed by atoms with Gasteiger partial charge in [0, 0.05) is 18.8 Å². The molecule has 0 radical (unpaired) electrons. The summed E-state index contributed by atoms with van der Waals surface area (Å²) in [5.41, 5.74) is 0.505. The van der Waals surface area contributed by atoms with Crippen LogP contribution in [0.3, 0.4) is 0 Å². The largest absolute Gasteiger partial charge is 0.465 e. The van der Waals surface area contributed by atoms with Crippen LogP contribution in [-0.4, -0.2) is 28.2 Å². The maximum absolute atomic E-state index is 13.0. The lowest BCUT2D eigenvalue weighted by Gasteiger charge is -2.09. The van der Waals surface area contributed by atoms with Crippen LogP contribution >= 0.6 is 27.3 Å². The van der Waals surface area contributed by atoms with Crippen LogP contribution < -0.4 is 4.90 Å². The van der Waals surface area contributed by atoms with Crippen LogP contribution in [-0.2, 0) is 0 Å². The van der Waals surface area contributed by atoms with E-state index in [0.717, 1.165) is 22.4 Å². The predicted octanol–water partition coefficient (Wildman–Crippen LogP) is 3.22. The smallest absolute Gasteiger partial charge is 0.412 e. The van der Waals surface area contributed by atoms with Crippen molar-refractivity contribution in [2.45, 2.75) is 0 Å². The van der Waals surface area contributed by atoms with Crippen LogP contribution in [0.5, 0.6) is 0 Å². The fourth-order valence-corrected chi connectivity index (χ4v) is 2.94. The number of thiazole rings is 1. The Bertz CT molecular complexity index is 605. The molecule has 0 aliphatic heterocycles. The zero-order valence-electron chi connectivity index (χ0n) is 9.09. The van der Waals surface area contributed by atoms with Gasteiger partial charge >= 0.3 is 6.09 Å². The first-order valence-corrected chi connectivity index (χ1v) is 6.34. The molecule has 1 N–H and O–H groups in total. The van der Waals surface area contributed by atoms with E-state index in [2.05, 4.69) is 25.9 Å². The number of hydrogen-bond donors (Lipinski definition) is 1. The van der Waals surface area contributed by atoms with E-state index in [4.69, 9.17) is 5.11 Å². The molecular formula is C10H7BrFN3O2S. The number of amides is 1. The number of rotatable bonds is 2. The van der Waals surface area contributed by atoms with Crippen LogP contribution in [0.4, 0.5) is 14.2 Å². The molecule has 1 amide bonds. The summed E-state index contributed by atoms with van der Waals surface area (Å²) in [5, 5.41) is 9.82. The van der Waals surface area contributed by atoms with Crippen LogP contribution in [0.2, 0.25) is 0 Å². The summed E-state index contributed by atoms with van der Waals surface area (Å²) in [7, 11) is 1.41. The minimum Gasteiger partial charge on any atom is -0.465 e. The van der Waals surface area contributed by atoms with Crippen molar-refractivity contribution in [2.24, 2.45) is 0 Å². The molecule has 0 bridgehead atoms. The third-order valence-electron chi connectivity index (χ3n) is 2.11. The minimum absolute atomic E-state index is 0.400. The van der Waals surface area contributed by atoms with Gasteiger partial charge < -0.3 is 5.11 Å². The zero-order valence-corrected chi connectivity index (χ0v) is 11.5. The standard InChI is InChI=1S/C10H7BrFN3O2S/c1-15(10(16)17)9-7(11)14-8(18-9)5-2-6(12)4-13-3-5/h2-4H,1H3,(H,16,17). The van der Waals surface area contributed by atoms with Crippen molar-refractivity contribution < 1.29 is 14.3 Å². The average Bonchev–Trinajstić information content (AvgIpc) is 2.70. The summed E-state index contributed by atoms with van der Waals surface area (Å²) in [6, 6.07) is 1.29. The van der Waals surface area contributed by atoms with Crippen molar-refractivity contribution >= 4 is 38.4 Å². The van der Waals surface area contributed by atoms with Gasteiger partial charge in [-0.05, 0) is 22.0 Å². The van der Waals surface area contributed by atoms with E-state index < -0.39 is 11.9 Å². The Morgan fingerprint density at radius 1 is 1.56 bits per heavy atom. The molecule has 5 nitrogen and oxygen atoms in total. The highest BCUT2D eigenvalue weighted by atomic mass is 79.9. The summed E-state index contributed by atoms with van der Waals surface area (Å²) in [6.07, 6.45) is 1.47. The summed E-state index contributed by atoms with van der Waals surface area (Å²) in [5.74, 6) is -0.466. The van der Waals surface area contributed by atoms with Gasteiger partial charge in [0.25, 0.3) is 0 Å². The van der Waals surface area contributed by atoms with Crippen LogP contribution in [0.1, 0.15) is 0 Å². The Hall–Kier alpha value is -1.54. The molecular weight excluding hydrogens is 325 g/mol. The highest BCUT2D eigenvalue weighted by molar-refractivity contribution is 9.10. The van der Waals surface area contributed by atoms with Crippen molar-refractivity contribution in [3.05, 3.63) is 28.9 Å². The van der Waals surface area contributed by atoms with Crippen LogP contribution in [0, 0.1) is 5.82 Å². The molecule has 0 atom stereocenters. The second kappa shape index (κ2) is 4.99. The van der Waals surface area contributed by atoms with E-state index >= 15 is 0 Å². The highest BCUT2D eigenvalue weighted by Crippen LogP contribution is 2.37. The maximum Gasteiger partial charge on any atom is 0.412 e. The Morgan fingerprint density at radius 3 is 2.89 bits per heavy atom. The van der Waals surface area contributed by atoms with Gasteiger partial charge in [-0.15, -0.1) is 0 Å². The Kier molecular flexibility index (Phi) is 3.58. The fourth-order valence-electron chi connectivity index (χ4n) is 1.24. The van der Waals surface area contributed by atoms with Gasteiger partial charge in [0.1, 0.15) is 20.4 Å². The highest BCUT2D eigenvalue weighted by Gasteiger charge is 2.18. The first-order valence-electron chi connectivity index (χ1n) is 4.73. The van der Waals surface area contributed by atoms with Crippen molar-refractivity contribution in [2.75, 3.05) is 11.9 Å². The first-order chi connectivity index (χ1) is 8.49. The lowest BCUT2D eigenvalue weighted by atomic mass is 10.3. The van der Waals surface area contributed by atoms with Crippen LogP contribution in [0.25, 0.3) is 10.6 Å². The second-order valence-electron chi connectivity index (χ2n) is 3.35. The molecule has 2 rings (SSSR count). The number of carbonyl (C=O) groups is 1. The van der Waals surface area contributed by atoms with E-state index in [0.29, 0.717) is 20.2 Å². The number of carboxylic acid groups (broad SMARTS) is 1. The third-order valence-corrected chi connectivity index (χ3v) is 4.11. The van der Waals surface area contributed by atoms with Gasteiger partial charge in [0.2, 0.25) is 0 Å². The molecule has 2 heterocycles. The molecule has 0 aliphatic carbocycles. The number of halogens is 2. The molecule has 94 valence electrons. The topological polar surface area (TPSA) is 66.3 Å². The van der Waals surface area contributed by atoms with Gasteiger partial charge in [-0.1, -0.05) is 11.3 Å². The predicted molar refractivity (Wildman–Crippen MR) is 69.4 cm³/mol. The Balaban J connectivity index is 2.43. The van der Waals surface area contributed by atoms with Crippen molar-refractivity contribution in [3.63, 3.8) is 0 Å². The lowest BCUT2D eigenvalue weighted by molar-refractivity contribution is 0.203. The summed E-state index contributed by atoms with van der Waals surface area (Å²) in [6.45, 7) is 0. The molecule has 0 aliphatic rings. The van der Waals surface area contributed by atoms with E-state index in [9.17, 15) is 9.18 Å². The number of nitrogens with zero attached hydrogens (tertiary/aromatic N) is 3. The molecule has 0 aromatic carbocycles. The Morgan fingerprint density at radius 2 is 2.28 bits per heavy atom. The van der Waals surface area contributed by atoms with E-state index in [1.807, 2.05) is 0 Å². The van der Waals surface area contributed by atoms with Gasteiger partial charge in [-0.3, -0.25) is 9.88 Å². The van der Waals surface area contributed by atoms with E-state index in [1.165, 1.54) is 19.3 Å². The molecule has 0 spiro atoms. The number of aromatic nitrogens is 2. The lowest BCUT2D eigenvalue weighted by Crippen LogP contribution is -2.22. The zero-order chi connectivity index (χ0) is 13.3. The second-order valence-corrected chi connectivity index (χ2v) is 5.08. The van der Waals surface area contributed by atoms with Crippen LogP contribution in [0.15, 0.2) is 23.1 Å². The Labute approximate surface area is 114 Å². The molecule has 2 aromatic rings. The summed E-state index contributed by atoms with van der Waals surface area (Å²) >= 11 is 4.32. The molecule has 2 aromatic heterocycles. The minimum atomic E-state index is -1.09. The molecule has 0 unspecified atom stereocenters.